The molecule has 0 radical (unpaired) electrons. The predicted molar refractivity (Wildman–Crippen MR) is 119 cm³/mol. The SMILES string of the molecule is CN=C(NCCCSC)NC1CCN(CC2CCCCC2)CC1.I. The number of guanidine groups is 1. The summed E-state index contributed by atoms with van der Waals surface area (Å²) in [7, 11) is 1.88. The van der Waals surface area contributed by atoms with Crippen LogP contribution in [0.3, 0.4) is 0 Å². The van der Waals surface area contributed by atoms with Gasteiger partial charge in [-0.05, 0) is 50.0 Å². The molecule has 2 rings (SSSR count). The number of nitrogens with one attached hydrogen (secondary N) is 2. The average molecular weight is 468 g/mol. The van der Waals surface area contributed by atoms with Crippen molar-refractivity contribution in [3.8, 4) is 0 Å². The van der Waals surface area contributed by atoms with E-state index < -0.39 is 0 Å². The fourth-order valence-electron chi connectivity index (χ4n) is 3.81. The minimum atomic E-state index is 0. The summed E-state index contributed by atoms with van der Waals surface area (Å²) >= 11 is 1.91. The van der Waals surface area contributed by atoms with E-state index in [1.54, 1.807) is 0 Å². The molecule has 6 heteroatoms. The summed E-state index contributed by atoms with van der Waals surface area (Å²) in [6, 6.07) is 0.587. The van der Waals surface area contributed by atoms with Crippen molar-refractivity contribution in [2.75, 3.05) is 45.2 Å². The van der Waals surface area contributed by atoms with E-state index >= 15 is 0 Å². The van der Waals surface area contributed by atoms with Crippen LogP contribution in [0, 0.1) is 5.92 Å². The lowest BCUT2D eigenvalue weighted by Crippen LogP contribution is -2.49. The minimum Gasteiger partial charge on any atom is -0.356 e. The van der Waals surface area contributed by atoms with E-state index in [1.807, 2.05) is 18.8 Å². The maximum Gasteiger partial charge on any atom is 0.191 e. The summed E-state index contributed by atoms with van der Waals surface area (Å²) in [5.41, 5.74) is 0. The van der Waals surface area contributed by atoms with Gasteiger partial charge in [0.15, 0.2) is 5.96 Å². The van der Waals surface area contributed by atoms with E-state index in [2.05, 4.69) is 26.8 Å². The highest BCUT2D eigenvalue weighted by Crippen LogP contribution is 2.25. The Hall–Kier alpha value is 0.310. The molecule has 2 N–H and O–H groups in total. The lowest BCUT2D eigenvalue weighted by atomic mass is 9.88. The van der Waals surface area contributed by atoms with Gasteiger partial charge in [0.05, 0.1) is 0 Å². The highest BCUT2D eigenvalue weighted by Gasteiger charge is 2.23. The van der Waals surface area contributed by atoms with Gasteiger partial charge in [0.1, 0.15) is 0 Å². The van der Waals surface area contributed by atoms with Crippen LogP contribution >= 0.6 is 35.7 Å². The lowest BCUT2D eigenvalue weighted by Gasteiger charge is -2.36. The molecule has 2 fully saturated rings. The molecular formula is C18H37IN4S. The van der Waals surface area contributed by atoms with E-state index in [9.17, 15) is 0 Å². The van der Waals surface area contributed by atoms with Crippen LogP contribution < -0.4 is 10.6 Å². The third-order valence-electron chi connectivity index (χ3n) is 5.21. The Morgan fingerprint density at radius 2 is 1.83 bits per heavy atom. The van der Waals surface area contributed by atoms with Gasteiger partial charge < -0.3 is 15.5 Å². The Balaban J connectivity index is 0.00000288. The van der Waals surface area contributed by atoms with Crippen LogP contribution in [0.15, 0.2) is 4.99 Å². The molecule has 1 heterocycles. The van der Waals surface area contributed by atoms with Gasteiger partial charge >= 0.3 is 0 Å². The number of nitrogens with zero attached hydrogens (tertiary/aromatic N) is 2. The van der Waals surface area contributed by atoms with E-state index in [-0.39, 0.29) is 24.0 Å². The maximum absolute atomic E-state index is 4.37. The van der Waals surface area contributed by atoms with Crippen LogP contribution in [0.4, 0.5) is 0 Å². The fourth-order valence-corrected chi connectivity index (χ4v) is 4.24. The molecule has 1 saturated carbocycles. The molecule has 0 bridgehead atoms. The number of likely N-dealkylation sites (tertiary alicyclic amines) is 1. The number of thioether (sulfide) groups is 1. The Morgan fingerprint density at radius 3 is 2.46 bits per heavy atom. The highest BCUT2D eigenvalue weighted by molar-refractivity contribution is 14.0. The van der Waals surface area contributed by atoms with Crippen LogP contribution in [0.2, 0.25) is 0 Å². The second-order valence-electron chi connectivity index (χ2n) is 7.07. The molecule has 1 saturated heterocycles. The van der Waals surface area contributed by atoms with Crippen molar-refractivity contribution in [3.05, 3.63) is 0 Å². The average Bonchev–Trinajstić information content (AvgIpc) is 2.60. The lowest BCUT2D eigenvalue weighted by molar-refractivity contribution is 0.160. The number of hydrogen-bond acceptors (Lipinski definition) is 3. The van der Waals surface area contributed by atoms with Crippen LogP contribution in [-0.2, 0) is 0 Å². The van der Waals surface area contributed by atoms with Crippen molar-refractivity contribution in [2.45, 2.75) is 57.4 Å². The molecule has 1 aliphatic heterocycles. The standard InChI is InChI=1S/C18H36N4S.HI/c1-19-18(20-11-6-14-23-2)21-17-9-12-22(13-10-17)15-16-7-4-3-5-8-16;/h16-17H,3-15H2,1-2H3,(H2,19,20,21);1H. The van der Waals surface area contributed by atoms with Gasteiger partial charge in [-0.3, -0.25) is 4.99 Å². The number of halogens is 1. The number of aliphatic imine (C=N–C) groups is 1. The zero-order valence-corrected chi connectivity index (χ0v) is 18.7. The quantitative estimate of drug-likeness (QED) is 0.260. The van der Waals surface area contributed by atoms with Crippen LogP contribution in [0.5, 0.6) is 0 Å². The second-order valence-corrected chi connectivity index (χ2v) is 8.05. The first kappa shape index (κ1) is 22.4. The van der Waals surface area contributed by atoms with Gasteiger partial charge in [0.25, 0.3) is 0 Å². The van der Waals surface area contributed by atoms with Gasteiger partial charge in [0.2, 0.25) is 0 Å². The summed E-state index contributed by atoms with van der Waals surface area (Å²) < 4.78 is 0. The predicted octanol–water partition coefficient (Wildman–Crippen LogP) is 3.57. The molecule has 0 amide bonds. The summed E-state index contributed by atoms with van der Waals surface area (Å²) in [6.07, 6.45) is 13.2. The van der Waals surface area contributed by atoms with Gasteiger partial charge in [-0.15, -0.1) is 24.0 Å². The van der Waals surface area contributed by atoms with E-state index in [0.29, 0.717) is 6.04 Å². The van der Waals surface area contributed by atoms with Gasteiger partial charge in [-0.1, -0.05) is 19.3 Å². The zero-order valence-electron chi connectivity index (χ0n) is 15.6. The Morgan fingerprint density at radius 1 is 1.12 bits per heavy atom. The molecule has 0 unspecified atom stereocenters. The molecule has 0 aromatic rings. The van der Waals surface area contributed by atoms with Crippen molar-refractivity contribution in [1.82, 2.24) is 15.5 Å². The molecule has 0 aromatic carbocycles. The van der Waals surface area contributed by atoms with Crippen LogP contribution in [0.25, 0.3) is 0 Å². The second kappa shape index (κ2) is 13.5. The monoisotopic (exact) mass is 468 g/mol. The van der Waals surface area contributed by atoms with Gasteiger partial charge in [0, 0.05) is 39.3 Å². The Bertz CT molecular complexity index is 340. The molecular weight excluding hydrogens is 431 g/mol. The van der Waals surface area contributed by atoms with Crippen molar-refractivity contribution in [2.24, 2.45) is 10.9 Å². The summed E-state index contributed by atoms with van der Waals surface area (Å²) in [5.74, 6) is 3.17. The van der Waals surface area contributed by atoms with E-state index in [0.717, 1.165) is 18.4 Å². The Kier molecular flexibility index (Phi) is 12.6. The molecule has 0 spiro atoms. The van der Waals surface area contributed by atoms with Gasteiger partial charge in [-0.2, -0.15) is 11.8 Å². The molecule has 2 aliphatic rings. The topological polar surface area (TPSA) is 39.7 Å². The third kappa shape index (κ3) is 8.61. The maximum atomic E-state index is 4.37. The van der Waals surface area contributed by atoms with Crippen LogP contribution in [0.1, 0.15) is 51.4 Å². The van der Waals surface area contributed by atoms with Crippen molar-refractivity contribution < 1.29 is 0 Å². The first-order valence-electron chi connectivity index (χ1n) is 9.50. The summed E-state index contributed by atoms with van der Waals surface area (Å²) in [4.78, 5) is 7.06. The van der Waals surface area contributed by atoms with E-state index in [4.69, 9.17) is 0 Å². The van der Waals surface area contributed by atoms with E-state index in [1.165, 1.54) is 76.8 Å². The molecule has 4 nitrogen and oxygen atoms in total. The number of piperidine rings is 1. The van der Waals surface area contributed by atoms with Crippen LogP contribution in [-0.4, -0.2) is 62.1 Å². The molecule has 24 heavy (non-hydrogen) atoms. The number of rotatable bonds is 7. The van der Waals surface area contributed by atoms with Crippen molar-refractivity contribution >= 4 is 41.7 Å². The Labute approximate surface area is 170 Å². The molecule has 0 atom stereocenters. The summed E-state index contributed by atoms with van der Waals surface area (Å²) in [5, 5.41) is 7.05. The molecule has 0 aromatic heterocycles. The third-order valence-corrected chi connectivity index (χ3v) is 5.91. The van der Waals surface area contributed by atoms with Crippen molar-refractivity contribution in [1.29, 1.82) is 0 Å². The normalized spacial score (nSPS) is 21.3. The smallest absolute Gasteiger partial charge is 0.191 e. The largest absolute Gasteiger partial charge is 0.356 e. The minimum absolute atomic E-state index is 0. The first-order valence-corrected chi connectivity index (χ1v) is 10.9. The molecule has 1 aliphatic carbocycles. The fraction of sp³-hybridized carbons (Fsp3) is 0.944. The molecule has 142 valence electrons. The highest BCUT2D eigenvalue weighted by atomic mass is 127. The summed E-state index contributed by atoms with van der Waals surface area (Å²) in [6.45, 7) is 4.85. The van der Waals surface area contributed by atoms with Crippen molar-refractivity contribution in [3.63, 3.8) is 0 Å². The van der Waals surface area contributed by atoms with Gasteiger partial charge in [-0.25, -0.2) is 0 Å². The number of hydrogen-bond donors (Lipinski definition) is 2. The first-order chi connectivity index (χ1) is 11.3. The zero-order chi connectivity index (χ0) is 16.3.